The summed E-state index contributed by atoms with van der Waals surface area (Å²) in [7, 11) is 0. The van der Waals surface area contributed by atoms with E-state index in [9.17, 15) is 9.59 Å². The third-order valence-corrected chi connectivity index (χ3v) is 4.45. The van der Waals surface area contributed by atoms with E-state index < -0.39 is 12.0 Å². The first kappa shape index (κ1) is 15.7. The number of hydrogen-bond donors (Lipinski definition) is 3. The Labute approximate surface area is 116 Å². The van der Waals surface area contributed by atoms with E-state index in [4.69, 9.17) is 5.11 Å². The smallest absolute Gasteiger partial charge is 0.326 e. The minimum absolute atomic E-state index is 0.166. The fraction of sp³-hybridized carbons (Fsp3) is 0.818. The van der Waals surface area contributed by atoms with Gasteiger partial charge >= 0.3 is 5.97 Å². The van der Waals surface area contributed by atoms with E-state index in [1.165, 1.54) is 0 Å². The van der Waals surface area contributed by atoms with Crippen molar-refractivity contribution in [3.05, 3.63) is 0 Å². The summed E-state index contributed by atoms with van der Waals surface area (Å²) in [6, 6.07) is -0.597. The quantitative estimate of drug-likeness (QED) is 0.630. The van der Waals surface area contributed by atoms with Gasteiger partial charge in [-0.15, -0.1) is 0 Å². The van der Waals surface area contributed by atoms with Gasteiger partial charge in [-0.1, -0.05) is 0 Å². The molecule has 2 atom stereocenters. The van der Waals surface area contributed by atoms with Gasteiger partial charge in [-0.3, -0.25) is 4.79 Å². The zero-order chi connectivity index (χ0) is 13.4. The van der Waals surface area contributed by atoms with E-state index in [1.54, 1.807) is 11.8 Å². The van der Waals surface area contributed by atoms with E-state index in [0.717, 1.165) is 23.8 Å². The number of carboxylic acid groups (broad SMARTS) is 1. The number of thioether (sulfide) groups is 2. The summed E-state index contributed by atoms with van der Waals surface area (Å²) in [6.07, 6.45) is 2.75. The molecule has 1 heterocycles. The summed E-state index contributed by atoms with van der Waals surface area (Å²) in [5.41, 5.74) is 0. The molecular formula is C11H20N2O3S2. The highest BCUT2D eigenvalue weighted by Gasteiger charge is 2.22. The van der Waals surface area contributed by atoms with Gasteiger partial charge in [0.25, 0.3) is 0 Å². The minimum atomic E-state index is -0.955. The van der Waals surface area contributed by atoms with E-state index in [2.05, 4.69) is 10.6 Å². The average Bonchev–Trinajstić information content (AvgIpc) is 2.35. The van der Waals surface area contributed by atoms with Crippen LogP contribution in [0.4, 0.5) is 0 Å². The van der Waals surface area contributed by atoms with Crippen LogP contribution in [0.1, 0.15) is 12.8 Å². The molecule has 0 radical (unpaired) electrons. The highest BCUT2D eigenvalue weighted by atomic mass is 32.2. The van der Waals surface area contributed by atoms with E-state index >= 15 is 0 Å². The molecule has 0 spiro atoms. The molecule has 2 unspecified atom stereocenters. The van der Waals surface area contributed by atoms with Crippen LogP contribution in [0.3, 0.4) is 0 Å². The Hall–Kier alpha value is -0.400. The minimum Gasteiger partial charge on any atom is -0.480 e. The van der Waals surface area contributed by atoms with Crippen LogP contribution >= 0.6 is 23.5 Å². The standard InChI is InChI=1S/C11H20N2O3S2/c1-17-4-2-9(11(15)16)13-10(14)6-8-7-18-5-3-12-8/h8-9,12H,2-7H2,1H3,(H,13,14)(H,15,16). The Morgan fingerprint density at radius 3 is 2.94 bits per heavy atom. The number of carbonyl (C=O) groups is 2. The molecule has 104 valence electrons. The molecule has 18 heavy (non-hydrogen) atoms. The van der Waals surface area contributed by atoms with Crippen molar-refractivity contribution < 1.29 is 14.7 Å². The summed E-state index contributed by atoms with van der Waals surface area (Å²) < 4.78 is 0. The Bertz CT molecular complexity index is 283. The van der Waals surface area contributed by atoms with Crippen molar-refractivity contribution in [2.45, 2.75) is 24.9 Å². The first-order valence-electron chi connectivity index (χ1n) is 5.95. The first-order chi connectivity index (χ1) is 8.63. The van der Waals surface area contributed by atoms with Crippen molar-refractivity contribution in [1.29, 1.82) is 0 Å². The number of rotatable bonds is 7. The summed E-state index contributed by atoms with van der Waals surface area (Å²) in [4.78, 5) is 22.7. The lowest BCUT2D eigenvalue weighted by molar-refractivity contribution is -0.141. The second-order valence-electron chi connectivity index (χ2n) is 4.17. The molecule has 0 aromatic heterocycles. The van der Waals surface area contributed by atoms with Crippen molar-refractivity contribution in [1.82, 2.24) is 10.6 Å². The molecule has 1 aliphatic heterocycles. The maximum absolute atomic E-state index is 11.8. The number of carbonyl (C=O) groups excluding carboxylic acids is 1. The topological polar surface area (TPSA) is 78.4 Å². The first-order valence-corrected chi connectivity index (χ1v) is 8.50. The van der Waals surface area contributed by atoms with Crippen molar-refractivity contribution in [2.24, 2.45) is 0 Å². The molecule has 1 amide bonds. The number of hydrogen-bond acceptors (Lipinski definition) is 5. The molecule has 0 aromatic rings. The lowest BCUT2D eigenvalue weighted by Crippen LogP contribution is -2.46. The fourth-order valence-corrected chi connectivity index (χ4v) is 3.14. The maximum Gasteiger partial charge on any atom is 0.326 e. The Morgan fingerprint density at radius 1 is 1.61 bits per heavy atom. The lowest BCUT2D eigenvalue weighted by atomic mass is 10.2. The largest absolute Gasteiger partial charge is 0.480 e. The zero-order valence-corrected chi connectivity index (χ0v) is 12.1. The third kappa shape index (κ3) is 5.97. The van der Waals surface area contributed by atoms with Gasteiger partial charge in [-0.05, 0) is 18.4 Å². The molecule has 0 aromatic carbocycles. The molecule has 1 aliphatic rings. The average molecular weight is 292 g/mol. The van der Waals surface area contributed by atoms with Crippen LogP contribution in [0.5, 0.6) is 0 Å². The molecule has 0 saturated carbocycles. The van der Waals surface area contributed by atoms with Crippen molar-refractivity contribution >= 4 is 35.4 Å². The summed E-state index contributed by atoms with van der Waals surface area (Å²) in [5.74, 6) is 1.58. The molecule has 1 saturated heterocycles. The van der Waals surface area contributed by atoms with Gasteiger partial charge in [-0.2, -0.15) is 23.5 Å². The predicted molar refractivity (Wildman–Crippen MR) is 76.3 cm³/mol. The molecule has 0 bridgehead atoms. The number of amides is 1. The van der Waals surface area contributed by atoms with Crippen molar-refractivity contribution in [3.8, 4) is 0 Å². The molecule has 3 N–H and O–H groups in total. The molecule has 5 nitrogen and oxygen atoms in total. The van der Waals surface area contributed by atoms with Gasteiger partial charge in [0.1, 0.15) is 6.04 Å². The number of carboxylic acids is 1. The summed E-state index contributed by atoms with van der Waals surface area (Å²) in [5, 5.41) is 14.9. The molecule has 7 heteroatoms. The van der Waals surface area contributed by atoms with Gasteiger partial charge in [0.05, 0.1) is 0 Å². The lowest BCUT2D eigenvalue weighted by Gasteiger charge is -2.23. The fourth-order valence-electron chi connectivity index (χ4n) is 1.72. The maximum atomic E-state index is 11.8. The van der Waals surface area contributed by atoms with Crippen LogP contribution in [-0.4, -0.2) is 59.1 Å². The Balaban J connectivity index is 2.32. The normalized spacial score (nSPS) is 21.3. The highest BCUT2D eigenvalue weighted by Crippen LogP contribution is 2.10. The molecular weight excluding hydrogens is 272 g/mol. The summed E-state index contributed by atoms with van der Waals surface area (Å²) in [6.45, 7) is 0.914. The Morgan fingerprint density at radius 2 is 2.39 bits per heavy atom. The second kappa shape index (κ2) is 8.66. The van der Waals surface area contributed by atoms with Crippen molar-refractivity contribution in [3.63, 3.8) is 0 Å². The second-order valence-corrected chi connectivity index (χ2v) is 6.31. The summed E-state index contributed by atoms with van der Waals surface area (Å²) >= 11 is 3.40. The Kier molecular flexibility index (Phi) is 7.53. The van der Waals surface area contributed by atoms with Crippen LogP contribution in [0.2, 0.25) is 0 Å². The number of aliphatic carboxylic acids is 1. The zero-order valence-electron chi connectivity index (χ0n) is 10.5. The van der Waals surface area contributed by atoms with E-state index in [1.807, 2.05) is 18.0 Å². The van der Waals surface area contributed by atoms with Crippen LogP contribution in [0, 0.1) is 0 Å². The van der Waals surface area contributed by atoms with Gasteiger partial charge in [0.2, 0.25) is 5.91 Å². The SMILES string of the molecule is CSCCC(NC(=O)CC1CSCCN1)C(=O)O. The van der Waals surface area contributed by atoms with E-state index in [-0.39, 0.29) is 11.9 Å². The van der Waals surface area contributed by atoms with Gasteiger partial charge in [0, 0.05) is 30.5 Å². The highest BCUT2D eigenvalue weighted by molar-refractivity contribution is 7.99. The van der Waals surface area contributed by atoms with Crippen LogP contribution in [-0.2, 0) is 9.59 Å². The molecule has 1 fully saturated rings. The monoisotopic (exact) mass is 292 g/mol. The van der Waals surface area contributed by atoms with Crippen LogP contribution in [0.25, 0.3) is 0 Å². The molecule has 1 rings (SSSR count). The van der Waals surface area contributed by atoms with Gasteiger partial charge < -0.3 is 15.7 Å². The van der Waals surface area contributed by atoms with Crippen LogP contribution < -0.4 is 10.6 Å². The van der Waals surface area contributed by atoms with Crippen LogP contribution in [0.15, 0.2) is 0 Å². The van der Waals surface area contributed by atoms with Gasteiger partial charge in [0.15, 0.2) is 0 Å². The predicted octanol–water partition coefficient (Wildman–Crippen LogP) is 0.404. The van der Waals surface area contributed by atoms with Crippen molar-refractivity contribution in [2.75, 3.05) is 30.1 Å². The molecule has 0 aliphatic carbocycles. The van der Waals surface area contributed by atoms with Gasteiger partial charge in [-0.25, -0.2) is 4.79 Å². The van der Waals surface area contributed by atoms with E-state index in [0.29, 0.717) is 12.8 Å². The number of nitrogens with one attached hydrogen (secondary N) is 2. The third-order valence-electron chi connectivity index (χ3n) is 2.67.